The first-order valence-electron chi connectivity index (χ1n) is 13.1. The summed E-state index contributed by atoms with van der Waals surface area (Å²) in [6.45, 7) is 7.99. The molecule has 41 heavy (non-hydrogen) atoms. The van der Waals surface area contributed by atoms with Gasteiger partial charge in [0.25, 0.3) is 0 Å². The predicted octanol–water partition coefficient (Wildman–Crippen LogP) is 4.83. The maximum atomic E-state index is 13.7. The number of benzene rings is 2. The van der Waals surface area contributed by atoms with E-state index in [1.165, 1.54) is 33.1 Å². The molecule has 1 aliphatic heterocycles. The number of thioether (sulfide) groups is 1. The molecule has 1 fully saturated rings. The van der Waals surface area contributed by atoms with Crippen molar-refractivity contribution in [2.45, 2.75) is 32.9 Å². The highest BCUT2D eigenvalue weighted by Crippen LogP contribution is 2.41. The molecule has 10 nitrogen and oxygen atoms in total. The van der Waals surface area contributed by atoms with Gasteiger partial charge in [-0.05, 0) is 38.5 Å². The molecule has 224 valence electrons. The topological polar surface area (TPSA) is 90.0 Å². The smallest absolute Gasteiger partial charge is 0.410 e. The normalized spacial score (nSPS) is 13.3. The molecule has 1 saturated heterocycles. The zero-order chi connectivity index (χ0) is 30.2. The van der Waals surface area contributed by atoms with E-state index in [1.807, 2.05) is 49.9 Å². The molecule has 0 radical (unpaired) electrons. The van der Waals surface area contributed by atoms with Crippen molar-refractivity contribution in [3.8, 4) is 23.0 Å². The number of anilines is 1. The van der Waals surface area contributed by atoms with Crippen LogP contribution in [0.1, 0.15) is 26.3 Å². The molecule has 0 saturated carbocycles. The standard InChI is InChI=1S/C29H39N3O7S2/c1-29(2,3)39-27(34)30-12-14-31(15-13-30)28(40)41-19-25(33)32(18-20-8-10-22(35-4)11-9-20)21-16-23(36-5)26(38-7)24(17-21)37-6/h8-11,16-17H,12-15,18-19H2,1-7H3. The van der Waals surface area contributed by atoms with Crippen molar-refractivity contribution in [3.63, 3.8) is 0 Å². The highest BCUT2D eigenvalue weighted by atomic mass is 32.2. The van der Waals surface area contributed by atoms with E-state index in [-0.39, 0.29) is 17.8 Å². The Morgan fingerprint density at radius 1 is 0.878 bits per heavy atom. The van der Waals surface area contributed by atoms with Gasteiger partial charge in [-0.1, -0.05) is 36.1 Å². The fourth-order valence-electron chi connectivity index (χ4n) is 4.15. The number of piperazine rings is 1. The van der Waals surface area contributed by atoms with Crippen LogP contribution in [0.25, 0.3) is 0 Å². The second-order valence-corrected chi connectivity index (χ2v) is 11.8. The number of thiocarbonyl (C=S) groups is 1. The summed E-state index contributed by atoms with van der Waals surface area (Å²) in [7, 11) is 6.21. The minimum atomic E-state index is -0.546. The van der Waals surface area contributed by atoms with Gasteiger partial charge in [-0.3, -0.25) is 4.79 Å². The summed E-state index contributed by atoms with van der Waals surface area (Å²) in [4.78, 5) is 31.5. The second-order valence-electron chi connectivity index (χ2n) is 10.2. The maximum Gasteiger partial charge on any atom is 0.410 e. The molecule has 2 aromatic rings. The third-order valence-corrected chi connectivity index (χ3v) is 7.78. The Labute approximate surface area is 251 Å². The molecular weight excluding hydrogens is 566 g/mol. The van der Waals surface area contributed by atoms with Crippen molar-refractivity contribution in [3.05, 3.63) is 42.0 Å². The lowest BCUT2D eigenvalue weighted by molar-refractivity contribution is -0.116. The molecule has 12 heteroatoms. The highest BCUT2D eigenvalue weighted by Gasteiger charge is 2.28. The Hall–Kier alpha value is -3.38. The van der Waals surface area contributed by atoms with Crippen molar-refractivity contribution in [2.24, 2.45) is 0 Å². The Morgan fingerprint density at radius 3 is 1.93 bits per heavy atom. The van der Waals surface area contributed by atoms with Gasteiger partial charge in [0.15, 0.2) is 11.5 Å². The first-order valence-corrected chi connectivity index (χ1v) is 14.5. The molecule has 2 aromatic carbocycles. The van der Waals surface area contributed by atoms with Crippen LogP contribution in [0, 0.1) is 0 Å². The zero-order valence-electron chi connectivity index (χ0n) is 24.7. The van der Waals surface area contributed by atoms with Gasteiger partial charge >= 0.3 is 6.09 Å². The highest BCUT2D eigenvalue weighted by molar-refractivity contribution is 8.23. The summed E-state index contributed by atoms with van der Waals surface area (Å²) < 4.78 is 27.9. The average molecular weight is 606 g/mol. The minimum Gasteiger partial charge on any atom is -0.497 e. The van der Waals surface area contributed by atoms with Gasteiger partial charge in [0.2, 0.25) is 11.7 Å². The van der Waals surface area contributed by atoms with E-state index in [1.54, 1.807) is 29.0 Å². The first kappa shape index (κ1) is 32.1. The monoisotopic (exact) mass is 605 g/mol. The van der Waals surface area contributed by atoms with Gasteiger partial charge in [0, 0.05) is 38.3 Å². The SMILES string of the molecule is COc1ccc(CN(C(=O)CSC(=S)N2CCN(C(=O)OC(C)(C)C)CC2)c2cc(OC)c(OC)c(OC)c2)cc1. The Bertz CT molecular complexity index is 1180. The van der Waals surface area contributed by atoms with Gasteiger partial charge in [0.1, 0.15) is 15.7 Å². The largest absolute Gasteiger partial charge is 0.497 e. The molecule has 3 rings (SSSR count). The zero-order valence-corrected chi connectivity index (χ0v) is 26.4. The van der Waals surface area contributed by atoms with Crippen LogP contribution in [0.5, 0.6) is 23.0 Å². The molecule has 0 bridgehead atoms. The number of methoxy groups -OCH3 is 4. The van der Waals surface area contributed by atoms with Gasteiger partial charge in [-0.15, -0.1) is 0 Å². The van der Waals surface area contributed by atoms with E-state index < -0.39 is 5.60 Å². The predicted molar refractivity (Wildman–Crippen MR) is 165 cm³/mol. The Morgan fingerprint density at radius 2 is 1.44 bits per heavy atom. The van der Waals surface area contributed by atoms with Crippen LogP contribution in [0.4, 0.5) is 10.5 Å². The number of carbonyl (C=O) groups excluding carboxylic acids is 2. The summed E-state index contributed by atoms with van der Waals surface area (Å²) in [5, 5.41) is 0. The number of carbonyl (C=O) groups is 2. The number of hydrogen-bond acceptors (Lipinski definition) is 9. The molecule has 0 spiro atoms. The number of amides is 2. The molecule has 0 aliphatic carbocycles. The van der Waals surface area contributed by atoms with Gasteiger partial charge in [0.05, 0.1) is 46.4 Å². The summed E-state index contributed by atoms with van der Waals surface area (Å²) in [5.74, 6) is 2.04. The fraction of sp³-hybridized carbons (Fsp3) is 0.483. The number of hydrogen-bond donors (Lipinski definition) is 0. The van der Waals surface area contributed by atoms with E-state index in [0.717, 1.165) is 11.3 Å². The molecular formula is C29H39N3O7S2. The Kier molecular flexibility index (Phi) is 11.4. The molecule has 0 unspecified atom stereocenters. The lowest BCUT2D eigenvalue weighted by Gasteiger charge is -2.36. The van der Waals surface area contributed by atoms with E-state index >= 15 is 0 Å². The first-order chi connectivity index (χ1) is 19.5. The van der Waals surface area contributed by atoms with Crippen LogP contribution in [-0.2, 0) is 16.1 Å². The molecule has 0 N–H and O–H groups in total. The fourth-order valence-corrected chi connectivity index (χ4v) is 5.28. The van der Waals surface area contributed by atoms with Gasteiger partial charge in [-0.25, -0.2) is 4.79 Å². The van der Waals surface area contributed by atoms with Gasteiger partial charge in [-0.2, -0.15) is 0 Å². The van der Waals surface area contributed by atoms with Crippen molar-refractivity contribution in [1.29, 1.82) is 0 Å². The van der Waals surface area contributed by atoms with Gasteiger partial charge < -0.3 is 38.4 Å². The van der Waals surface area contributed by atoms with Crippen LogP contribution in [0.3, 0.4) is 0 Å². The Balaban J connectivity index is 1.73. The number of ether oxygens (including phenoxy) is 5. The summed E-state index contributed by atoms with van der Waals surface area (Å²) in [6, 6.07) is 11.0. The molecule has 2 amide bonds. The van der Waals surface area contributed by atoms with E-state index in [2.05, 4.69) is 0 Å². The van der Waals surface area contributed by atoms with E-state index in [0.29, 0.717) is 60.0 Å². The summed E-state index contributed by atoms with van der Waals surface area (Å²) >= 11 is 6.97. The van der Waals surface area contributed by atoms with Crippen molar-refractivity contribution < 1.29 is 33.3 Å². The second kappa shape index (κ2) is 14.5. The number of rotatable bonds is 9. The lowest BCUT2D eigenvalue weighted by atomic mass is 10.1. The third kappa shape index (κ3) is 8.80. The van der Waals surface area contributed by atoms with E-state index in [9.17, 15) is 9.59 Å². The van der Waals surface area contributed by atoms with Crippen molar-refractivity contribution in [1.82, 2.24) is 9.80 Å². The molecule has 1 heterocycles. The quantitative estimate of drug-likeness (QED) is 0.371. The molecule has 0 atom stereocenters. The van der Waals surface area contributed by atoms with E-state index in [4.69, 9.17) is 35.9 Å². The minimum absolute atomic E-state index is 0.123. The maximum absolute atomic E-state index is 13.7. The number of nitrogens with zero attached hydrogens (tertiary/aromatic N) is 3. The lowest BCUT2D eigenvalue weighted by Crippen LogP contribution is -2.51. The van der Waals surface area contributed by atoms with Crippen LogP contribution in [-0.4, -0.2) is 92.1 Å². The molecule has 1 aliphatic rings. The third-order valence-electron chi connectivity index (χ3n) is 6.27. The van der Waals surface area contributed by atoms with Crippen molar-refractivity contribution >= 4 is 46.0 Å². The van der Waals surface area contributed by atoms with Crippen LogP contribution in [0.15, 0.2) is 36.4 Å². The van der Waals surface area contributed by atoms with Crippen LogP contribution < -0.4 is 23.8 Å². The average Bonchev–Trinajstić information content (AvgIpc) is 2.97. The summed E-state index contributed by atoms with van der Waals surface area (Å²) in [6.07, 6.45) is -0.328. The van der Waals surface area contributed by atoms with Crippen LogP contribution in [0.2, 0.25) is 0 Å². The van der Waals surface area contributed by atoms with Crippen molar-refractivity contribution in [2.75, 3.05) is 65.3 Å². The summed E-state index contributed by atoms with van der Waals surface area (Å²) in [5.41, 5.74) is 0.964. The van der Waals surface area contributed by atoms with Crippen LogP contribution >= 0.6 is 24.0 Å². The molecule has 0 aromatic heterocycles.